The summed E-state index contributed by atoms with van der Waals surface area (Å²) in [7, 11) is -2.92. The van der Waals surface area contributed by atoms with E-state index in [2.05, 4.69) is 34.6 Å². The first-order valence-corrected chi connectivity index (χ1v) is 15.4. The first kappa shape index (κ1) is 31.1. The molecule has 1 unspecified atom stereocenters. The molecule has 0 heterocycles. The van der Waals surface area contributed by atoms with Crippen LogP contribution < -0.4 is 0 Å². The van der Waals surface area contributed by atoms with Crippen LogP contribution in [0.15, 0.2) is 0 Å². The molecule has 3 nitrogen and oxygen atoms in total. The number of hydrogen-bond acceptors (Lipinski definition) is 3. The average Bonchev–Trinajstić information content (AvgIpc) is 2.73. The third-order valence-corrected chi connectivity index (χ3v) is 7.73. The lowest BCUT2D eigenvalue weighted by molar-refractivity contribution is 0.149. The van der Waals surface area contributed by atoms with Gasteiger partial charge < -0.3 is 9.05 Å². The summed E-state index contributed by atoms with van der Waals surface area (Å²) in [5.41, 5.74) is 0.0134. The summed E-state index contributed by atoms with van der Waals surface area (Å²) in [5.74, 6) is 0. The lowest BCUT2D eigenvalue weighted by atomic mass is 9.99. The summed E-state index contributed by atoms with van der Waals surface area (Å²) >= 11 is 0. The summed E-state index contributed by atoms with van der Waals surface area (Å²) in [5, 5.41) is 0. The van der Waals surface area contributed by atoms with Crippen LogP contribution in [0.2, 0.25) is 0 Å². The highest BCUT2D eigenvalue weighted by Gasteiger charge is 2.26. The van der Waals surface area contributed by atoms with E-state index < -0.39 is 7.60 Å². The minimum atomic E-state index is -2.92. The zero-order valence-electron chi connectivity index (χ0n) is 22.0. The third-order valence-electron chi connectivity index (χ3n) is 5.77. The van der Waals surface area contributed by atoms with Crippen LogP contribution in [0.25, 0.3) is 0 Å². The van der Waals surface area contributed by atoms with Crippen molar-refractivity contribution in [1.82, 2.24) is 0 Å². The van der Waals surface area contributed by atoms with Crippen LogP contribution in [0, 0.1) is 5.41 Å². The molecule has 0 saturated heterocycles. The Hall–Kier alpha value is 0.150. The second-order valence-corrected chi connectivity index (χ2v) is 12.8. The zero-order valence-corrected chi connectivity index (χ0v) is 22.9. The van der Waals surface area contributed by atoms with Gasteiger partial charge in [0.25, 0.3) is 0 Å². The molecule has 0 fully saturated rings. The first-order valence-electron chi connectivity index (χ1n) is 13.7. The van der Waals surface area contributed by atoms with Crippen molar-refractivity contribution in [3.63, 3.8) is 0 Å². The van der Waals surface area contributed by atoms with E-state index in [4.69, 9.17) is 9.05 Å². The number of hydrogen-bond donors (Lipinski definition) is 0. The Bertz CT molecular complexity index is 417. The fourth-order valence-corrected chi connectivity index (χ4v) is 5.69. The normalized spacial score (nSPS) is 14.1. The van der Waals surface area contributed by atoms with E-state index in [0.717, 1.165) is 19.3 Å². The molecule has 0 aromatic rings. The van der Waals surface area contributed by atoms with Gasteiger partial charge in [-0.3, -0.25) is 4.57 Å². The molecule has 1 atom stereocenters. The predicted molar refractivity (Wildman–Crippen MR) is 138 cm³/mol. The van der Waals surface area contributed by atoms with E-state index in [-0.39, 0.29) is 5.41 Å². The molecule has 4 heteroatoms. The molecule has 0 radical (unpaired) electrons. The molecule has 0 amide bonds. The van der Waals surface area contributed by atoms with E-state index in [1.165, 1.54) is 96.3 Å². The standard InChI is InChI=1S/C27H57O3P/c1-6-8-10-11-12-13-14-15-16-17-18-19-20-21-22-23-24-29-31(28,25-9-7-2)30-26-27(3,4)5/h6-26H2,1-5H3. The summed E-state index contributed by atoms with van der Waals surface area (Å²) < 4.78 is 24.5. The Morgan fingerprint density at radius 1 is 0.548 bits per heavy atom. The lowest BCUT2D eigenvalue weighted by Crippen LogP contribution is -2.15. The third kappa shape index (κ3) is 23.1. The molecular weight excluding hydrogens is 403 g/mol. The quantitative estimate of drug-likeness (QED) is 0.112. The highest BCUT2D eigenvalue weighted by Crippen LogP contribution is 2.50. The van der Waals surface area contributed by atoms with Crippen molar-refractivity contribution in [3.8, 4) is 0 Å². The van der Waals surface area contributed by atoms with Crippen molar-refractivity contribution < 1.29 is 13.6 Å². The van der Waals surface area contributed by atoms with E-state index in [1.54, 1.807) is 0 Å². The van der Waals surface area contributed by atoms with Crippen molar-refractivity contribution in [2.45, 2.75) is 150 Å². The highest BCUT2D eigenvalue weighted by molar-refractivity contribution is 7.53. The molecule has 0 aliphatic rings. The van der Waals surface area contributed by atoms with Gasteiger partial charge in [-0.15, -0.1) is 0 Å². The van der Waals surface area contributed by atoms with Gasteiger partial charge in [0, 0.05) is 0 Å². The summed E-state index contributed by atoms with van der Waals surface area (Å²) in [4.78, 5) is 0. The number of unbranched alkanes of at least 4 members (excludes halogenated alkanes) is 16. The summed E-state index contributed by atoms with van der Waals surface area (Å²) in [6.07, 6.45) is 24.2. The zero-order chi connectivity index (χ0) is 23.3. The van der Waals surface area contributed by atoms with Gasteiger partial charge in [0.05, 0.1) is 19.4 Å². The molecule has 0 rings (SSSR count). The molecule has 0 aromatic heterocycles. The fraction of sp³-hybridized carbons (Fsp3) is 1.00. The Kier molecular flexibility index (Phi) is 20.8. The maximum atomic E-state index is 12.9. The molecule has 0 aliphatic carbocycles. The van der Waals surface area contributed by atoms with Gasteiger partial charge in [0.2, 0.25) is 0 Å². The molecule has 0 saturated carbocycles. The second kappa shape index (κ2) is 20.7. The van der Waals surface area contributed by atoms with E-state index in [0.29, 0.717) is 19.4 Å². The first-order chi connectivity index (χ1) is 14.8. The SMILES string of the molecule is CCCCCCCCCCCCCCCCCCOP(=O)(CCCC)OCC(C)(C)C. The highest BCUT2D eigenvalue weighted by atomic mass is 31.2. The van der Waals surface area contributed by atoms with E-state index >= 15 is 0 Å². The lowest BCUT2D eigenvalue weighted by Gasteiger charge is -2.24. The van der Waals surface area contributed by atoms with Crippen molar-refractivity contribution in [2.24, 2.45) is 5.41 Å². The van der Waals surface area contributed by atoms with Crippen LogP contribution in [0.1, 0.15) is 150 Å². The van der Waals surface area contributed by atoms with Gasteiger partial charge in [-0.2, -0.15) is 0 Å². The Morgan fingerprint density at radius 3 is 1.32 bits per heavy atom. The van der Waals surface area contributed by atoms with Crippen LogP contribution in [-0.4, -0.2) is 19.4 Å². The molecule has 0 aliphatic heterocycles. The maximum absolute atomic E-state index is 12.9. The smallest absolute Gasteiger partial charge is 0.309 e. The van der Waals surface area contributed by atoms with Crippen LogP contribution in [0.4, 0.5) is 0 Å². The Morgan fingerprint density at radius 2 is 0.935 bits per heavy atom. The average molecular weight is 461 g/mol. The van der Waals surface area contributed by atoms with Crippen LogP contribution >= 0.6 is 7.60 Å². The van der Waals surface area contributed by atoms with Crippen molar-refractivity contribution in [1.29, 1.82) is 0 Å². The van der Waals surface area contributed by atoms with E-state index in [1.807, 2.05) is 0 Å². The van der Waals surface area contributed by atoms with Crippen molar-refractivity contribution in [3.05, 3.63) is 0 Å². The van der Waals surface area contributed by atoms with Crippen LogP contribution in [0.5, 0.6) is 0 Å². The van der Waals surface area contributed by atoms with Gasteiger partial charge >= 0.3 is 7.60 Å². The predicted octanol–water partition coefficient (Wildman–Crippen LogP) is 10.3. The fourth-order valence-electron chi connectivity index (χ4n) is 3.66. The van der Waals surface area contributed by atoms with Gasteiger partial charge in [0.15, 0.2) is 0 Å². The van der Waals surface area contributed by atoms with Crippen molar-refractivity contribution >= 4 is 7.60 Å². The van der Waals surface area contributed by atoms with E-state index in [9.17, 15) is 4.57 Å². The largest absolute Gasteiger partial charge is 0.330 e. The minimum absolute atomic E-state index is 0.0134. The Balaban J connectivity index is 3.54. The molecule has 0 N–H and O–H groups in total. The summed E-state index contributed by atoms with van der Waals surface area (Å²) in [6.45, 7) is 11.8. The molecule has 188 valence electrons. The number of rotatable bonds is 23. The van der Waals surface area contributed by atoms with Gasteiger partial charge in [-0.1, -0.05) is 137 Å². The second-order valence-electron chi connectivity index (χ2n) is 10.7. The van der Waals surface area contributed by atoms with Gasteiger partial charge in [0.1, 0.15) is 0 Å². The topological polar surface area (TPSA) is 35.5 Å². The monoisotopic (exact) mass is 460 g/mol. The minimum Gasteiger partial charge on any atom is -0.309 e. The molecule has 0 aromatic carbocycles. The molecule has 0 spiro atoms. The molecular formula is C27H57O3P. The molecule has 0 bridgehead atoms. The van der Waals surface area contributed by atoms with Gasteiger partial charge in [-0.05, 0) is 18.3 Å². The van der Waals surface area contributed by atoms with Gasteiger partial charge in [-0.25, -0.2) is 0 Å². The van der Waals surface area contributed by atoms with Crippen LogP contribution in [0.3, 0.4) is 0 Å². The van der Waals surface area contributed by atoms with Crippen LogP contribution in [-0.2, 0) is 13.6 Å². The molecule has 31 heavy (non-hydrogen) atoms. The van der Waals surface area contributed by atoms with Crippen molar-refractivity contribution in [2.75, 3.05) is 19.4 Å². The Labute approximate surface area is 196 Å². The maximum Gasteiger partial charge on any atom is 0.330 e. The summed E-state index contributed by atoms with van der Waals surface area (Å²) in [6, 6.07) is 0.